The van der Waals surface area contributed by atoms with E-state index in [0.29, 0.717) is 0 Å². The minimum Gasteiger partial charge on any atom is -0.390 e. The third kappa shape index (κ3) is 2.02. The standard InChI is InChI=1S/C22H26F2O6/c1-19-4-3-11(26)5-14(19)15(23)6-13-12-7-18-22(17(28)9-25,30-10-29-18)20(12,2)8-16(27)21(13,19)24/h3-5,12-13,15-16,18,25,27H,6-10H2,1-2H3/t12-,13?,15-,16?,18+,19-,20?,21-,22+/m0/s1. The van der Waals surface area contributed by atoms with Gasteiger partial charge in [-0.3, -0.25) is 9.59 Å². The molecule has 0 radical (unpaired) electrons. The zero-order chi connectivity index (χ0) is 21.7. The van der Waals surface area contributed by atoms with Gasteiger partial charge >= 0.3 is 0 Å². The van der Waals surface area contributed by atoms with E-state index >= 15 is 8.78 Å². The molecule has 0 aromatic heterocycles. The predicted octanol–water partition coefficient (Wildman–Crippen LogP) is 1.59. The van der Waals surface area contributed by atoms with Crippen LogP contribution < -0.4 is 0 Å². The molecule has 0 aromatic carbocycles. The van der Waals surface area contributed by atoms with E-state index in [4.69, 9.17) is 9.47 Å². The van der Waals surface area contributed by atoms with Crippen LogP contribution >= 0.6 is 0 Å². The van der Waals surface area contributed by atoms with Gasteiger partial charge in [0.15, 0.2) is 22.8 Å². The lowest BCUT2D eigenvalue weighted by Crippen LogP contribution is -2.70. The second-order valence-corrected chi connectivity index (χ2v) is 9.83. The molecule has 6 nitrogen and oxygen atoms in total. The molecule has 0 bridgehead atoms. The Balaban J connectivity index is 1.66. The third-order valence-corrected chi connectivity index (χ3v) is 8.90. The van der Waals surface area contributed by atoms with Gasteiger partial charge in [-0.05, 0) is 49.8 Å². The molecule has 5 rings (SSSR count). The maximum absolute atomic E-state index is 17.0. The van der Waals surface area contributed by atoms with Crippen molar-refractivity contribution in [3.05, 3.63) is 23.8 Å². The number of alkyl halides is 2. The van der Waals surface area contributed by atoms with Gasteiger partial charge in [-0.25, -0.2) is 8.78 Å². The largest absolute Gasteiger partial charge is 0.390 e. The topological polar surface area (TPSA) is 93.1 Å². The number of carbonyl (C=O) groups is 2. The minimum absolute atomic E-state index is 0.0586. The maximum Gasteiger partial charge on any atom is 0.193 e. The highest BCUT2D eigenvalue weighted by Crippen LogP contribution is 2.71. The number of ether oxygens (including phenoxy) is 2. The van der Waals surface area contributed by atoms with Crippen molar-refractivity contribution in [2.24, 2.45) is 22.7 Å². The van der Waals surface area contributed by atoms with E-state index in [1.807, 2.05) is 0 Å². The van der Waals surface area contributed by atoms with Gasteiger partial charge in [-0.15, -0.1) is 0 Å². The number of aliphatic hydroxyl groups is 2. The first-order chi connectivity index (χ1) is 14.1. The maximum atomic E-state index is 17.0. The average Bonchev–Trinajstić information content (AvgIpc) is 3.23. The fraction of sp³-hybridized carbons (Fsp3) is 0.727. The number of halogens is 2. The summed E-state index contributed by atoms with van der Waals surface area (Å²) in [6.45, 7) is 2.40. The van der Waals surface area contributed by atoms with Crippen molar-refractivity contribution in [3.8, 4) is 0 Å². The van der Waals surface area contributed by atoms with Crippen LogP contribution in [-0.2, 0) is 19.1 Å². The summed E-state index contributed by atoms with van der Waals surface area (Å²) in [5.74, 6) is -2.38. The molecular weight excluding hydrogens is 398 g/mol. The van der Waals surface area contributed by atoms with Crippen molar-refractivity contribution in [3.63, 3.8) is 0 Å². The zero-order valence-corrected chi connectivity index (χ0v) is 16.9. The van der Waals surface area contributed by atoms with Crippen molar-refractivity contribution >= 4 is 11.6 Å². The summed E-state index contributed by atoms with van der Waals surface area (Å²) >= 11 is 0. The van der Waals surface area contributed by atoms with Crippen molar-refractivity contribution in [1.29, 1.82) is 0 Å². The van der Waals surface area contributed by atoms with Gasteiger partial charge < -0.3 is 19.7 Å². The molecule has 1 aliphatic heterocycles. The smallest absolute Gasteiger partial charge is 0.193 e. The van der Waals surface area contributed by atoms with Crippen molar-refractivity contribution in [2.45, 2.75) is 62.8 Å². The van der Waals surface area contributed by atoms with Gasteiger partial charge in [-0.2, -0.15) is 0 Å². The number of rotatable bonds is 2. The first kappa shape index (κ1) is 20.4. The number of allylic oxidation sites excluding steroid dienone is 4. The number of aliphatic hydroxyl groups excluding tert-OH is 2. The molecule has 5 aliphatic rings. The average molecular weight is 424 g/mol. The van der Waals surface area contributed by atoms with Gasteiger partial charge in [-0.1, -0.05) is 13.0 Å². The Labute approximate surface area is 172 Å². The predicted molar refractivity (Wildman–Crippen MR) is 99.7 cm³/mol. The van der Waals surface area contributed by atoms with Crippen LogP contribution in [0.15, 0.2) is 23.8 Å². The second-order valence-electron chi connectivity index (χ2n) is 9.83. The van der Waals surface area contributed by atoms with E-state index in [1.54, 1.807) is 6.92 Å². The molecule has 0 aromatic rings. The molecule has 0 amide bonds. The van der Waals surface area contributed by atoms with Gasteiger partial charge in [0.1, 0.15) is 19.6 Å². The Hall–Kier alpha value is -1.48. The number of carbonyl (C=O) groups excluding carboxylic acids is 2. The van der Waals surface area contributed by atoms with Crippen LogP contribution in [0.3, 0.4) is 0 Å². The zero-order valence-electron chi connectivity index (χ0n) is 16.9. The lowest BCUT2D eigenvalue weighted by molar-refractivity contribution is -0.226. The van der Waals surface area contributed by atoms with Gasteiger partial charge in [0, 0.05) is 16.7 Å². The van der Waals surface area contributed by atoms with Crippen LogP contribution in [0, 0.1) is 22.7 Å². The van der Waals surface area contributed by atoms with Gasteiger partial charge in [0.25, 0.3) is 0 Å². The SMILES string of the molecule is CC12CC(O)[C@@]3(F)C(C[C@H](F)C4=CC(=O)C=C[C@@]43C)[C@@H]1C[C@H]1OCO[C@]12C(=O)CO. The first-order valence-electron chi connectivity index (χ1n) is 10.4. The van der Waals surface area contributed by atoms with E-state index in [1.165, 1.54) is 19.1 Å². The number of hydrogen-bond donors (Lipinski definition) is 2. The number of hydrogen-bond acceptors (Lipinski definition) is 6. The Morgan fingerprint density at radius 2 is 2.03 bits per heavy atom. The molecule has 0 spiro atoms. The number of Topliss-reactive ketones (excluding diaryl/α,β-unsaturated/α-hetero) is 1. The monoisotopic (exact) mass is 424 g/mol. The van der Waals surface area contributed by atoms with Crippen LogP contribution in [-0.4, -0.2) is 64.8 Å². The lowest BCUT2D eigenvalue weighted by atomic mass is 9.44. The quantitative estimate of drug-likeness (QED) is 0.700. The van der Waals surface area contributed by atoms with Crippen LogP contribution in [0.2, 0.25) is 0 Å². The van der Waals surface area contributed by atoms with Crippen molar-refractivity contribution < 1.29 is 38.1 Å². The summed E-state index contributed by atoms with van der Waals surface area (Å²) < 4.78 is 43.8. The van der Waals surface area contributed by atoms with Crippen LogP contribution in [0.1, 0.15) is 33.1 Å². The van der Waals surface area contributed by atoms with Crippen molar-refractivity contribution in [2.75, 3.05) is 13.4 Å². The Bertz CT molecular complexity index is 887. The molecule has 3 saturated carbocycles. The third-order valence-electron chi connectivity index (χ3n) is 8.90. The van der Waals surface area contributed by atoms with E-state index < -0.39 is 70.5 Å². The van der Waals surface area contributed by atoms with E-state index in [-0.39, 0.29) is 31.6 Å². The molecule has 164 valence electrons. The summed E-state index contributed by atoms with van der Waals surface area (Å²) in [7, 11) is 0. The van der Waals surface area contributed by atoms with E-state index in [0.717, 1.165) is 6.08 Å². The highest BCUT2D eigenvalue weighted by molar-refractivity contribution is 6.01. The molecule has 1 saturated heterocycles. The fourth-order valence-corrected chi connectivity index (χ4v) is 7.53. The summed E-state index contributed by atoms with van der Waals surface area (Å²) in [5, 5.41) is 20.8. The minimum atomic E-state index is -2.22. The first-order valence-corrected chi connectivity index (χ1v) is 10.4. The summed E-state index contributed by atoms with van der Waals surface area (Å²) in [4.78, 5) is 24.7. The molecule has 2 N–H and O–H groups in total. The number of ketones is 2. The summed E-state index contributed by atoms with van der Waals surface area (Å²) in [5.41, 5.74) is -6.15. The normalized spacial score (nSPS) is 54.1. The van der Waals surface area contributed by atoms with Crippen molar-refractivity contribution in [1.82, 2.24) is 0 Å². The highest BCUT2D eigenvalue weighted by Gasteiger charge is 2.79. The Morgan fingerprint density at radius 1 is 1.30 bits per heavy atom. The highest BCUT2D eigenvalue weighted by atomic mass is 19.1. The van der Waals surface area contributed by atoms with Gasteiger partial charge in [0.05, 0.1) is 12.2 Å². The van der Waals surface area contributed by atoms with Crippen LogP contribution in [0.25, 0.3) is 0 Å². The number of fused-ring (bicyclic) bond motifs is 7. The summed E-state index contributed by atoms with van der Waals surface area (Å²) in [6, 6.07) is 0. The molecule has 8 heteroatoms. The fourth-order valence-electron chi connectivity index (χ4n) is 7.53. The van der Waals surface area contributed by atoms with Gasteiger partial charge in [0.2, 0.25) is 0 Å². The molecule has 4 aliphatic carbocycles. The second kappa shape index (κ2) is 6.06. The van der Waals surface area contributed by atoms with Crippen LogP contribution in [0.4, 0.5) is 8.78 Å². The Kier molecular flexibility index (Phi) is 4.12. The Morgan fingerprint density at radius 3 is 2.73 bits per heavy atom. The van der Waals surface area contributed by atoms with E-state index in [9.17, 15) is 19.8 Å². The molecule has 30 heavy (non-hydrogen) atoms. The van der Waals surface area contributed by atoms with Crippen LogP contribution in [0.5, 0.6) is 0 Å². The molecule has 9 atom stereocenters. The molecule has 1 heterocycles. The summed E-state index contributed by atoms with van der Waals surface area (Å²) in [6.07, 6.45) is -0.0182. The lowest BCUT2D eigenvalue weighted by Gasteiger charge is -2.63. The molecular formula is C22H26F2O6. The molecule has 3 unspecified atom stereocenters. The molecule has 4 fully saturated rings. The van der Waals surface area contributed by atoms with E-state index in [2.05, 4.69) is 0 Å².